The van der Waals surface area contributed by atoms with Gasteiger partial charge in [0.05, 0.1) is 35.0 Å². The van der Waals surface area contributed by atoms with Gasteiger partial charge in [-0.2, -0.15) is 0 Å². The Kier molecular flexibility index (Phi) is 6.15. The second-order valence-electron chi connectivity index (χ2n) is 10.6. The Labute approximate surface area is 207 Å². The number of anilines is 1. The van der Waals surface area contributed by atoms with Crippen molar-refractivity contribution in [2.75, 3.05) is 38.3 Å². The Morgan fingerprint density at radius 1 is 1.25 bits per heavy atom. The maximum absolute atomic E-state index is 15.3. The zero-order valence-electron chi connectivity index (χ0n) is 20.6. The first kappa shape index (κ1) is 24.8. The molecule has 5 rings (SSSR count). The van der Waals surface area contributed by atoms with Crippen molar-refractivity contribution in [2.24, 2.45) is 17.6 Å². The Morgan fingerprint density at radius 2 is 1.92 bits per heavy atom. The van der Waals surface area contributed by atoms with Crippen LogP contribution in [0.4, 0.5) is 18.9 Å². The van der Waals surface area contributed by atoms with Gasteiger partial charge in [-0.25, -0.2) is 13.2 Å². The predicted octanol–water partition coefficient (Wildman–Crippen LogP) is 3.29. The van der Waals surface area contributed by atoms with Crippen LogP contribution < -0.4 is 16.2 Å². The minimum atomic E-state index is -2.96. The highest BCUT2D eigenvalue weighted by molar-refractivity contribution is 5.98. The molecule has 194 valence electrons. The number of nitrogens with zero attached hydrogens (tertiary/aromatic N) is 3. The van der Waals surface area contributed by atoms with E-state index in [1.807, 2.05) is 18.9 Å². The molecule has 3 fully saturated rings. The second-order valence-corrected chi connectivity index (χ2v) is 10.6. The lowest BCUT2D eigenvalue weighted by Crippen LogP contribution is -2.42. The quantitative estimate of drug-likeness (QED) is 0.626. The zero-order chi connectivity index (χ0) is 25.9. The van der Waals surface area contributed by atoms with Gasteiger partial charge in [0.25, 0.3) is 17.9 Å². The number of nitrogens with two attached hydrogens (primary N) is 1. The van der Waals surface area contributed by atoms with E-state index in [1.54, 1.807) is 6.92 Å². The third-order valence-electron chi connectivity index (χ3n) is 8.17. The van der Waals surface area contributed by atoms with Gasteiger partial charge in [-0.05, 0) is 39.2 Å². The smallest absolute Gasteiger partial charge is 0.266 e. The minimum absolute atomic E-state index is 0.0791. The number of hydrogen-bond acceptors (Lipinski definition) is 5. The average molecular weight is 505 g/mol. The van der Waals surface area contributed by atoms with Gasteiger partial charge >= 0.3 is 0 Å². The van der Waals surface area contributed by atoms with Gasteiger partial charge in [-0.3, -0.25) is 9.59 Å². The molecule has 3 heterocycles. The lowest BCUT2D eigenvalue weighted by atomic mass is 9.99. The highest BCUT2D eigenvalue weighted by Gasteiger charge is 2.59. The zero-order valence-corrected chi connectivity index (χ0v) is 20.6. The summed E-state index contributed by atoms with van der Waals surface area (Å²) in [4.78, 5) is 30.1. The Balaban J connectivity index is 1.64. The molecule has 7 nitrogen and oxygen atoms in total. The van der Waals surface area contributed by atoms with Crippen LogP contribution in [-0.2, 0) is 10.3 Å². The molecule has 4 atom stereocenters. The van der Waals surface area contributed by atoms with Crippen LogP contribution in [-0.4, -0.2) is 54.8 Å². The first-order chi connectivity index (χ1) is 17.0. The van der Waals surface area contributed by atoms with Gasteiger partial charge < -0.3 is 24.8 Å². The molecule has 2 aromatic rings. The van der Waals surface area contributed by atoms with E-state index >= 15 is 4.39 Å². The summed E-state index contributed by atoms with van der Waals surface area (Å²) in [5.74, 6) is -1.19. The van der Waals surface area contributed by atoms with E-state index in [0.29, 0.717) is 25.3 Å². The average Bonchev–Trinajstić information content (AvgIpc) is 3.12. The van der Waals surface area contributed by atoms with E-state index in [2.05, 4.69) is 4.90 Å². The number of ether oxygens (including phenoxy) is 1. The number of alkyl halides is 2. The van der Waals surface area contributed by atoms with Gasteiger partial charge in [0.1, 0.15) is 5.82 Å². The Hall–Kier alpha value is -2.85. The van der Waals surface area contributed by atoms with Crippen molar-refractivity contribution < 1.29 is 22.7 Å². The maximum atomic E-state index is 15.3. The molecule has 10 heteroatoms. The van der Waals surface area contributed by atoms with Crippen LogP contribution in [0, 0.1) is 17.7 Å². The first-order valence-electron chi connectivity index (χ1n) is 12.2. The number of pyridine rings is 1. The molecule has 0 radical (unpaired) electrons. The van der Waals surface area contributed by atoms with Crippen LogP contribution in [0.15, 0.2) is 35.3 Å². The predicted molar refractivity (Wildman–Crippen MR) is 129 cm³/mol. The summed E-state index contributed by atoms with van der Waals surface area (Å²) in [6.45, 7) is 6.06. The number of likely N-dealkylation sites (tertiary alicyclic amines) is 1. The van der Waals surface area contributed by atoms with Gasteiger partial charge in [0, 0.05) is 43.6 Å². The summed E-state index contributed by atoms with van der Waals surface area (Å²) in [6, 6.07) is 4.54. The Morgan fingerprint density at radius 3 is 2.50 bits per heavy atom. The summed E-state index contributed by atoms with van der Waals surface area (Å²) in [7, 11) is 2.02. The molecular formula is C26H31F3N4O3. The van der Waals surface area contributed by atoms with Crippen molar-refractivity contribution in [1.82, 2.24) is 9.47 Å². The highest BCUT2D eigenvalue weighted by atomic mass is 19.3. The standard InChI is InChI=1S/C26H31F3N4O3/c1-14(15-5-4-6-16(22(15)27)24(28)29)33(23-17-10-31(3)11-18(17)23)20-9-21(34)32(12-19(20)25(30)35)26(2)7-8-36-13-26/h4-6,9,12,14,17-18,23-24H,7-8,10-11,13H2,1-3H3,(H2,30,35)/t14-,17?,18?,23?,26+/m1/s1. The van der Waals surface area contributed by atoms with Crippen molar-refractivity contribution in [2.45, 2.75) is 44.3 Å². The molecule has 1 saturated carbocycles. The largest absolute Gasteiger partial charge is 0.379 e. The lowest BCUT2D eigenvalue weighted by Gasteiger charge is -2.36. The molecular weight excluding hydrogens is 473 g/mol. The molecule has 3 aliphatic rings. The summed E-state index contributed by atoms with van der Waals surface area (Å²) in [5.41, 5.74) is 4.72. The number of amides is 1. The van der Waals surface area contributed by atoms with Gasteiger partial charge in [0.2, 0.25) is 0 Å². The second kappa shape index (κ2) is 8.92. The highest BCUT2D eigenvalue weighted by Crippen LogP contribution is 2.53. The van der Waals surface area contributed by atoms with E-state index in [0.717, 1.165) is 19.2 Å². The van der Waals surface area contributed by atoms with Gasteiger partial charge in [0.15, 0.2) is 0 Å². The summed E-state index contributed by atoms with van der Waals surface area (Å²) < 4.78 is 49.2. The number of fused-ring (bicyclic) bond motifs is 1. The van der Waals surface area contributed by atoms with E-state index in [1.165, 1.54) is 29.0 Å². The molecule has 2 aliphatic heterocycles. The molecule has 1 aromatic heterocycles. The van der Waals surface area contributed by atoms with Crippen molar-refractivity contribution >= 4 is 11.6 Å². The van der Waals surface area contributed by atoms with Gasteiger partial charge in [-0.1, -0.05) is 18.2 Å². The molecule has 0 bridgehead atoms. The van der Waals surface area contributed by atoms with Crippen molar-refractivity contribution in [1.29, 1.82) is 0 Å². The minimum Gasteiger partial charge on any atom is -0.379 e. The normalized spacial score (nSPS) is 28.4. The number of aromatic nitrogens is 1. The topological polar surface area (TPSA) is 80.8 Å². The van der Waals surface area contributed by atoms with Crippen molar-refractivity contribution in [3.8, 4) is 0 Å². The molecule has 2 unspecified atom stereocenters. The number of carbonyl (C=O) groups excluding carboxylic acids is 1. The fraction of sp³-hybridized carbons (Fsp3) is 0.538. The van der Waals surface area contributed by atoms with E-state index in [-0.39, 0.29) is 34.6 Å². The van der Waals surface area contributed by atoms with E-state index in [9.17, 15) is 18.4 Å². The number of carbonyl (C=O) groups is 1. The molecule has 1 aromatic carbocycles. The first-order valence-corrected chi connectivity index (χ1v) is 12.2. The molecule has 1 aliphatic carbocycles. The van der Waals surface area contributed by atoms with Crippen LogP contribution in [0.1, 0.15) is 54.2 Å². The molecule has 36 heavy (non-hydrogen) atoms. The number of benzene rings is 1. The number of rotatable bonds is 7. The summed E-state index contributed by atoms with van der Waals surface area (Å²) >= 11 is 0. The van der Waals surface area contributed by atoms with Crippen LogP contribution in [0.3, 0.4) is 0 Å². The van der Waals surface area contributed by atoms with Crippen molar-refractivity contribution in [3.05, 3.63) is 63.3 Å². The molecule has 1 amide bonds. The number of primary amides is 1. The number of piperidine rings is 1. The fourth-order valence-corrected chi connectivity index (χ4v) is 6.15. The summed E-state index contributed by atoms with van der Waals surface area (Å²) in [6.07, 6.45) is -0.876. The molecule has 2 N–H and O–H groups in total. The Bertz CT molecular complexity index is 1230. The van der Waals surface area contributed by atoms with Crippen LogP contribution in [0.5, 0.6) is 0 Å². The van der Waals surface area contributed by atoms with E-state index in [4.69, 9.17) is 10.5 Å². The van der Waals surface area contributed by atoms with Crippen molar-refractivity contribution in [3.63, 3.8) is 0 Å². The number of halogens is 3. The lowest BCUT2D eigenvalue weighted by molar-refractivity contribution is 0.0998. The maximum Gasteiger partial charge on any atom is 0.266 e. The third kappa shape index (κ3) is 4.00. The summed E-state index contributed by atoms with van der Waals surface area (Å²) in [5, 5.41) is 0. The van der Waals surface area contributed by atoms with Gasteiger partial charge in [-0.15, -0.1) is 0 Å². The molecule has 2 saturated heterocycles. The third-order valence-corrected chi connectivity index (χ3v) is 8.17. The molecule has 0 spiro atoms. The SMILES string of the molecule is C[C@H](c1cccc(C(F)F)c1F)N(c1cc(=O)n([C@@]2(C)CCOC2)cc1C(N)=O)C1C2CN(C)CC21. The monoisotopic (exact) mass is 504 g/mol. The number of hydrogen-bond donors (Lipinski definition) is 1. The van der Waals surface area contributed by atoms with Crippen LogP contribution >= 0.6 is 0 Å². The van der Waals surface area contributed by atoms with Crippen LogP contribution in [0.2, 0.25) is 0 Å². The van der Waals surface area contributed by atoms with Crippen LogP contribution in [0.25, 0.3) is 0 Å². The fourth-order valence-electron chi connectivity index (χ4n) is 6.15. The van der Waals surface area contributed by atoms with E-state index < -0.39 is 35.3 Å².